The molecule has 2 fully saturated rings. The maximum atomic E-state index is 13.1. The van der Waals surface area contributed by atoms with Crippen LogP contribution in [0, 0.1) is 0 Å². The fraction of sp³-hybridized carbons (Fsp3) is 0.222. The molecule has 2 aliphatic rings. The number of rotatable bonds is 11. The third kappa shape index (κ3) is 8.61. The molecule has 0 unspecified atom stereocenters. The maximum absolute atomic E-state index is 13.1. The summed E-state index contributed by atoms with van der Waals surface area (Å²) >= 11 is 0. The molecule has 5 atom stereocenters. The molecule has 2 aliphatic heterocycles. The van der Waals surface area contributed by atoms with Crippen LogP contribution >= 0.6 is 0 Å². The number of aromatic hydroxyl groups is 6. The second-order valence-corrected chi connectivity index (χ2v) is 11.4. The van der Waals surface area contributed by atoms with Gasteiger partial charge in [-0.25, -0.2) is 19.2 Å². The molecule has 16 heteroatoms. The van der Waals surface area contributed by atoms with E-state index in [9.17, 15) is 49.8 Å². The largest absolute Gasteiger partial charge is 0.504 e. The Morgan fingerprint density at radius 1 is 0.673 bits per heavy atom. The molecule has 272 valence electrons. The third-order valence-corrected chi connectivity index (χ3v) is 7.83. The molecule has 2 heterocycles. The first kappa shape index (κ1) is 36.8. The number of hydrogen-bond donors (Lipinski definition) is 6. The van der Waals surface area contributed by atoms with Gasteiger partial charge < -0.3 is 59.1 Å². The van der Waals surface area contributed by atoms with E-state index < -0.39 is 84.4 Å². The van der Waals surface area contributed by atoms with Crippen molar-refractivity contribution in [2.24, 2.45) is 0 Å². The van der Waals surface area contributed by atoms with E-state index in [1.54, 1.807) is 0 Å². The SMILES string of the molecule is COC(=O)[C@]12C[C@@H](OC(=O)C=Cc3ccc(O)c(O)c3)[C@@H](OC(=O)C=Cc3ccc(O)c(O)c3)[C@H](O1)[C@@H](COC(=O)C=Cc1ccc(O)c(O)c1)O2. The van der Waals surface area contributed by atoms with Crippen molar-refractivity contribution >= 4 is 42.1 Å². The smallest absolute Gasteiger partial charge is 0.366 e. The Morgan fingerprint density at radius 2 is 1.13 bits per heavy atom. The number of ether oxygens (including phenoxy) is 6. The van der Waals surface area contributed by atoms with Crippen molar-refractivity contribution in [3.8, 4) is 34.5 Å². The summed E-state index contributed by atoms with van der Waals surface area (Å²) < 4.78 is 33.3. The average molecular weight is 721 g/mol. The van der Waals surface area contributed by atoms with Gasteiger partial charge in [-0.1, -0.05) is 18.2 Å². The first-order valence-corrected chi connectivity index (χ1v) is 15.4. The van der Waals surface area contributed by atoms with E-state index in [1.807, 2.05) is 0 Å². The van der Waals surface area contributed by atoms with Crippen LogP contribution < -0.4 is 0 Å². The molecule has 0 saturated carbocycles. The molecule has 0 amide bonds. The van der Waals surface area contributed by atoms with Crippen LogP contribution in [-0.4, -0.2) is 98.4 Å². The quantitative estimate of drug-likeness (QED) is 0.0722. The first-order chi connectivity index (χ1) is 24.8. The molecule has 5 rings (SSSR count). The minimum Gasteiger partial charge on any atom is -0.504 e. The highest BCUT2D eigenvalue weighted by Gasteiger charge is 2.65. The highest BCUT2D eigenvalue weighted by molar-refractivity contribution is 5.89. The summed E-state index contributed by atoms with van der Waals surface area (Å²) in [6.07, 6.45) is 0.810. The number of esters is 4. The lowest BCUT2D eigenvalue weighted by atomic mass is 9.95. The van der Waals surface area contributed by atoms with Crippen molar-refractivity contribution in [1.29, 1.82) is 0 Å². The molecule has 3 aromatic rings. The predicted octanol–water partition coefficient (Wildman–Crippen LogP) is 2.78. The van der Waals surface area contributed by atoms with Crippen molar-refractivity contribution in [3.63, 3.8) is 0 Å². The van der Waals surface area contributed by atoms with Gasteiger partial charge in [0.15, 0.2) is 40.6 Å². The number of benzene rings is 3. The number of carbonyl (C=O) groups excluding carboxylic acids is 4. The van der Waals surface area contributed by atoms with E-state index in [2.05, 4.69) is 0 Å². The van der Waals surface area contributed by atoms with E-state index in [0.717, 1.165) is 25.3 Å². The lowest BCUT2D eigenvalue weighted by Gasteiger charge is -2.38. The lowest BCUT2D eigenvalue weighted by Crippen LogP contribution is -2.56. The minimum atomic E-state index is -2.17. The van der Waals surface area contributed by atoms with Gasteiger partial charge in [-0.3, -0.25) is 0 Å². The summed E-state index contributed by atoms with van der Waals surface area (Å²) in [5.41, 5.74) is 0.992. The Labute approximate surface area is 294 Å². The molecule has 0 radical (unpaired) electrons. The molecule has 0 aromatic heterocycles. The van der Waals surface area contributed by atoms with Crippen molar-refractivity contribution in [2.45, 2.75) is 36.6 Å². The van der Waals surface area contributed by atoms with Crippen molar-refractivity contribution in [3.05, 3.63) is 89.5 Å². The Kier molecular flexibility index (Phi) is 11.0. The second-order valence-electron chi connectivity index (χ2n) is 11.4. The predicted molar refractivity (Wildman–Crippen MR) is 176 cm³/mol. The standard InChI is InChI=1S/C36H32O16/c1-47-35(46)36-17-28(49-31(44)12-6-20-3-9-23(38)26(41)15-20)33(50-32(45)13-7-21-4-10-24(39)27(42)16-21)34(52-36)29(51-36)18-48-30(43)11-5-19-2-8-22(37)25(40)14-19/h2-16,28-29,33-34,37-42H,17-18H2,1H3/t28-,29-,33-,34-,36+/m1/s1. The zero-order valence-electron chi connectivity index (χ0n) is 27.1. The minimum absolute atomic E-state index is 0.315. The molecule has 6 N–H and O–H groups in total. The van der Waals surface area contributed by atoms with Gasteiger partial charge in [0.2, 0.25) is 0 Å². The highest BCUT2D eigenvalue weighted by atomic mass is 16.8. The van der Waals surface area contributed by atoms with Crippen LogP contribution in [0.25, 0.3) is 18.2 Å². The van der Waals surface area contributed by atoms with Gasteiger partial charge in [0.1, 0.15) is 24.9 Å². The number of phenolic OH excluding ortho intramolecular Hbond substituents is 6. The Bertz CT molecular complexity index is 1940. The van der Waals surface area contributed by atoms with E-state index >= 15 is 0 Å². The molecule has 3 aromatic carbocycles. The topological polar surface area (TPSA) is 245 Å². The summed E-state index contributed by atoms with van der Waals surface area (Å²) in [5, 5.41) is 57.8. The Hall–Kier alpha value is -6.52. The first-order valence-electron chi connectivity index (χ1n) is 15.4. The molecular formula is C36H32O16. The van der Waals surface area contributed by atoms with E-state index in [4.69, 9.17) is 28.4 Å². The van der Waals surface area contributed by atoms with E-state index in [1.165, 1.54) is 72.8 Å². The number of methoxy groups -OCH3 is 1. The molecular weight excluding hydrogens is 688 g/mol. The third-order valence-electron chi connectivity index (χ3n) is 7.83. The number of fused-ring (bicyclic) bond motifs is 2. The Morgan fingerprint density at radius 3 is 1.60 bits per heavy atom. The van der Waals surface area contributed by atoms with Crippen LogP contribution in [0.1, 0.15) is 23.1 Å². The lowest BCUT2D eigenvalue weighted by molar-refractivity contribution is -0.252. The van der Waals surface area contributed by atoms with Gasteiger partial charge in [0.25, 0.3) is 5.79 Å². The Balaban J connectivity index is 1.38. The molecule has 2 saturated heterocycles. The van der Waals surface area contributed by atoms with E-state index in [0.29, 0.717) is 16.7 Å². The molecule has 0 aliphatic carbocycles. The van der Waals surface area contributed by atoms with Crippen LogP contribution in [0.2, 0.25) is 0 Å². The molecule has 2 bridgehead atoms. The second kappa shape index (κ2) is 15.6. The van der Waals surface area contributed by atoms with Crippen LogP contribution in [-0.2, 0) is 47.6 Å². The maximum Gasteiger partial charge on any atom is 0.366 e. The fourth-order valence-electron chi connectivity index (χ4n) is 5.32. The summed E-state index contributed by atoms with van der Waals surface area (Å²) in [7, 11) is 1.06. The zero-order valence-corrected chi connectivity index (χ0v) is 27.1. The van der Waals surface area contributed by atoms with Gasteiger partial charge in [0, 0.05) is 18.2 Å². The number of phenols is 6. The summed E-state index contributed by atoms with van der Waals surface area (Å²) in [4.78, 5) is 51.7. The van der Waals surface area contributed by atoms with Crippen molar-refractivity contribution in [2.75, 3.05) is 13.7 Å². The monoisotopic (exact) mass is 720 g/mol. The van der Waals surface area contributed by atoms with Crippen LogP contribution in [0.3, 0.4) is 0 Å². The van der Waals surface area contributed by atoms with Gasteiger partial charge in [-0.15, -0.1) is 0 Å². The van der Waals surface area contributed by atoms with Gasteiger partial charge >= 0.3 is 23.9 Å². The van der Waals surface area contributed by atoms with Gasteiger partial charge in [-0.05, 0) is 71.3 Å². The fourth-order valence-corrected chi connectivity index (χ4v) is 5.32. The summed E-state index contributed by atoms with van der Waals surface area (Å²) in [6.45, 7) is -0.547. The average Bonchev–Trinajstić information content (AvgIpc) is 3.44. The normalized spacial score (nSPS) is 22.4. The molecule has 52 heavy (non-hydrogen) atoms. The van der Waals surface area contributed by atoms with Gasteiger partial charge in [0.05, 0.1) is 13.5 Å². The van der Waals surface area contributed by atoms with Crippen LogP contribution in [0.15, 0.2) is 72.8 Å². The van der Waals surface area contributed by atoms with Crippen LogP contribution in [0.4, 0.5) is 0 Å². The molecule has 0 spiro atoms. The van der Waals surface area contributed by atoms with Crippen LogP contribution in [0.5, 0.6) is 34.5 Å². The summed E-state index contributed by atoms with van der Waals surface area (Å²) in [6, 6.07) is 11.5. The van der Waals surface area contributed by atoms with Crippen molar-refractivity contribution < 1.29 is 78.2 Å². The molecule has 16 nitrogen and oxygen atoms in total. The summed E-state index contributed by atoms with van der Waals surface area (Å²) in [5.74, 6) is -8.41. The van der Waals surface area contributed by atoms with E-state index in [-0.39, 0.29) is 17.2 Å². The van der Waals surface area contributed by atoms with Crippen molar-refractivity contribution in [1.82, 2.24) is 0 Å². The number of carbonyl (C=O) groups is 4. The zero-order chi connectivity index (χ0) is 37.6. The number of hydrogen-bond acceptors (Lipinski definition) is 16. The van der Waals surface area contributed by atoms with Gasteiger partial charge in [-0.2, -0.15) is 0 Å². The highest BCUT2D eigenvalue weighted by Crippen LogP contribution is 2.44.